The molecule has 19 heavy (non-hydrogen) atoms. The Balaban J connectivity index is 1.72. The number of nitrogens with two attached hydrogens (primary N) is 1. The van der Waals surface area contributed by atoms with E-state index >= 15 is 0 Å². The molecular weight excluding hydrogens is 240 g/mol. The van der Waals surface area contributed by atoms with Crippen LogP contribution in [0.2, 0.25) is 0 Å². The molecule has 2 fully saturated rings. The van der Waals surface area contributed by atoms with E-state index in [4.69, 9.17) is 10.5 Å². The molecule has 1 amide bonds. The van der Waals surface area contributed by atoms with Crippen molar-refractivity contribution < 1.29 is 9.53 Å². The molecule has 3 atom stereocenters. The summed E-state index contributed by atoms with van der Waals surface area (Å²) < 4.78 is 5.15. The highest BCUT2D eigenvalue weighted by molar-refractivity contribution is 5.95. The molecule has 102 valence electrons. The van der Waals surface area contributed by atoms with Gasteiger partial charge in [0.25, 0.3) is 5.91 Å². The van der Waals surface area contributed by atoms with E-state index in [9.17, 15) is 4.79 Å². The third-order valence-corrected chi connectivity index (χ3v) is 4.48. The predicted octanol–water partition coefficient (Wildman–Crippen LogP) is 2.20. The number of rotatable bonds is 3. The Labute approximate surface area is 113 Å². The Morgan fingerprint density at radius 1 is 1.32 bits per heavy atom. The molecule has 0 radical (unpaired) electrons. The Hall–Kier alpha value is -1.71. The number of carbonyl (C=O) groups is 1. The molecule has 2 aliphatic carbocycles. The first-order valence-corrected chi connectivity index (χ1v) is 6.91. The lowest BCUT2D eigenvalue weighted by Crippen LogP contribution is -2.38. The van der Waals surface area contributed by atoms with Crippen molar-refractivity contribution >= 4 is 11.6 Å². The van der Waals surface area contributed by atoms with Crippen molar-refractivity contribution in [2.45, 2.75) is 31.7 Å². The lowest BCUT2D eigenvalue weighted by molar-refractivity contribution is 0.0922. The van der Waals surface area contributed by atoms with E-state index in [1.54, 1.807) is 25.3 Å². The van der Waals surface area contributed by atoms with E-state index < -0.39 is 0 Å². The van der Waals surface area contributed by atoms with Gasteiger partial charge >= 0.3 is 0 Å². The van der Waals surface area contributed by atoms with Crippen LogP contribution in [-0.2, 0) is 0 Å². The molecular formula is C15H20N2O2. The highest BCUT2D eigenvalue weighted by atomic mass is 16.5. The third kappa shape index (κ3) is 2.39. The molecule has 1 aromatic carbocycles. The first-order valence-electron chi connectivity index (χ1n) is 6.91. The zero-order chi connectivity index (χ0) is 13.4. The van der Waals surface area contributed by atoms with Crippen molar-refractivity contribution in [3.63, 3.8) is 0 Å². The van der Waals surface area contributed by atoms with E-state index in [-0.39, 0.29) is 5.91 Å². The smallest absolute Gasteiger partial charge is 0.251 e. The number of carbonyl (C=O) groups excluding carboxylic acids is 1. The van der Waals surface area contributed by atoms with Crippen molar-refractivity contribution in [1.29, 1.82) is 0 Å². The average molecular weight is 260 g/mol. The van der Waals surface area contributed by atoms with Gasteiger partial charge in [0.15, 0.2) is 0 Å². The van der Waals surface area contributed by atoms with Crippen LogP contribution >= 0.6 is 0 Å². The van der Waals surface area contributed by atoms with Gasteiger partial charge in [0.2, 0.25) is 0 Å². The molecule has 2 aliphatic rings. The van der Waals surface area contributed by atoms with Gasteiger partial charge in [-0.25, -0.2) is 0 Å². The number of anilines is 1. The van der Waals surface area contributed by atoms with Gasteiger partial charge in [-0.1, -0.05) is 6.42 Å². The van der Waals surface area contributed by atoms with Gasteiger partial charge in [-0.3, -0.25) is 4.79 Å². The monoisotopic (exact) mass is 260 g/mol. The number of benzene rings is 1. The lowest BCUT2D eigenvalue weighted by Gasteiger charge is -2.23. The van der Waals surface area contributed by atoms with Crippen molar-refractivity contribution in [2.24, 2.45) is 11.8 Å². The summed E-state index contributed by atoms with van der Waals surface area (Å²) in [4.78, 5) is 12.3. The Bertz CT molecular complexity index is 501. The number of methoxy groups -OCH3 is 1. The largest absolute Gasteiger partial charge is 0.497 e. The maximum atomic E-state index is 12.3. The van der Waals surface area contributed by atoms with Gasteiger partial charge in [-0.2, -0.15) is 0 Å². The Kier molecular flexibility index (Phi) is 3.09. The normalized spacial score (nSPS) is 28.4. The fraction of sp³-hybridized carbons (Fsp3) is 0.533. The van der Waals surface area contributed by atoms with Gasteiger partial charge in [-0.05, 0) is 43.2 Å². The highest BCUT2D eigenvalue weighted by Crippen LogP contribution is 2.44. The minimum Gasteiger partial charge on any atom is -0.497 e. The minimum atomic E-state index is -0.0387. The van der Waals surface area contributed by atoms with Crippen molar-refractivity contribution in [2.75, 3.05) is 12.8 Å². The first kappa shape index (κ1) is 12.3. The van der Waals surface area contributed by atoms with Crippen molar-refractivity contribution in [3.8, 4) is 5.75 Å². The summed E-state index contributed by atoms with van der Waals surface area (Å²) in [5, 5.41) is 3.16. The number of hydrogen-bond acceptors (Lipinski definition) is 3. The standard InChI is InChI=1S/C15H20N2O2/c1-19-13-7-11(6-12(16)8-13)15(18)17-14-5-9-2-3-10(14)4-9/h6-10,14H,2-5,16H2,1H3,(H,17,18). The highest BCUT2D eigenvalue weighted by Gasteiger charge is 2.40. The molecule has 3 rings (SSSR count). The molecule has 4 heteroatoms. The molecule has 2 bridgehead atoms. The first-order chi connectivity index (χ1) is 9.15. The summed E-state index contributed by atoms with van der Waals surface area (Å²) in [7, 11) is 1.58. The number of ether oxygens (including phenoxy) is 1. The summed E-state index contributed by atoms with van der Waals surface area (Å²) in [6, 6.07) is 5.50. The van der Waals surface area contributed by atoms with E-state index in [0.29, 0.717) is 29.0 Å². The number of nitrogens with one attached hydrogen (secondary N) is 1. The van der Waals surface area contributed by atoms with Crippen LogP contribution in [0.25, 0.3) is 0 Å². The van der Waals surface area contributed by atoms with E-state index in [1.807, 2.05) is 0 Å². The van der Waals surface area contributed by atoms with Gasteiger partial charge < -0.3 is 15.8 Å². The second-order valence-electron chi connectivity index (χ2n) is 5.75. The van der Waals surface area contributed by atoms with Crippen LogP contribution in [0.4, 0.5) is 5.69 Å². The lowest BCUT2D eigenvalue weighted by atomic mass is 9.95. The van der Waals surface area contributed by atoms with Crippen LogP contribution in [0.15, 0.2) is 18.2 Å². The van der Waals surface area contributed by atoms with E-state index in [1.165, 1.54) is 19.3 Å². The van der Waals surface area contributed by atoms with Crippen molar-refractivity contribution in [1.82, 2.24) is 5.32 Å². The Morgan fingerprint density at radius 2 is 2.16 bits per heavy atom. The second-order valence-corrected chi connectivity index (χ2v) is 5.75. The Morgan fingerprint density at radius 3 is 2.79 bits per heavy atom. The summed E-state index contributed by atoms with van der Waals surface area (Å²) >= 11 is 0. The van der Waals surface area contributed by atoms with Gasteiger partial charge in [0, 0.05) is 23.4 Å². The molecule has 3 N–H and O–H groups in total. The van der Waals surface area contributed by atoms with Crippen LogP contribution in [-0.4, -0.2) is 19.1 Å². The quantitative estimate of drug-likeness (QED) is 0.819. The number of fused-ring (bicyclic) bond motifs is 2. The molecule has 0 heterocycles. The maximum absolute atomic E-state index is 12.3. The van der Waals surface area contributed by atoms with Crippen LogP contribution in [0, 0.1) is 11.8 Å². The van der Waals surface area contributed by atoms with E-state index in [0.717, 1.165) is 12.3 Å². The minimum absolute atomic E-state index is 0.0387. The maximum Gasteiger partial charge on any atom is 0.251 e. The van der Waals surface area contributed by atoms with Gasteiger partial charge in [0.1, 0.15) is 5.75 Å². The molecule has 2 saturated carbocycles. The molecule has 0 saturated heterocycles. The zero-order valence-electron chi connectivity index (χ0n) is 11.2. The molecule has 3 unspecified atom stereocenters. The van der Waals surface area contributed by atoms with Gasteiger partial charge in [0.05, 0.1) is 7.11 Å². The molecule has 1 aromatic rings. The summed E-state index contributed by atoms with van der Waals surface area (Å²) in [6.45, 7) is 0. The summed E-state index contributed by atoms with van der Waals surface area (Å²) in [6.07, 6.45) is 5.01. The molecule has 4 nitrogen and oxygen atoms in total. The number of hydrogen-bond donors (Lipinski definition) is 2. The van der Waals surface area contributed by atoms with Crippen LogP contribution in [0.5, 0.6) is 5.75 Å². The number of amides is 1. The molecule has 0 aromatic heterocycles. The van der Waals surface area contributed by atoms with Crippen LogP contribution < -0.4 is 15.8 Å². The van der Waals surface area contributed by atoms with Crippen molar-refractivity contribution in [3.05, 3.63) is 23.8 Å². The second kappa shape index (κ2) is 4.76. The SMILES string of the molecule is COc1cc(N)cc(C(=O)NC2CC3CCC2C3)c1. The molecule has 0 spiro atoms. The van der Waals surface area contributed by atoms with Gasteiger partial charge in [-0.15, -0.1) is 0 Å². The zero-order valence-corrected chi connectivity index (χ0v) is 11.2. The molecule has 0 aliphatic heterocycles. The predicted molar refractivity (Wildman–Crippen MR) is 74.1 cm³/mol. The topological polar surface area (TPSA) is 64.3 Å². The third-order valence-electron chi connectivity index (χ3n) is 4.48. The number of nitrogen functional groups attached to an aromatic ring is 1. The van der Waals surface area contributed by atoms with Crippen LogP contribution in [0.1, 0.15) is 36.0 Å². The summed E-state index contributed by atoms with van der Waals surface area (Å²) in [5.41, 5.74) is 6.92. The fourth-order valence-electron chi connectivity index (χ4n) is 3.54. The summed E-state index contributed by atoms with van der Waals surface area (Å²) in [5.74, 6) is 2.09. The van der Waals surface area contributed by atoms with Crippen LogP contribution in [0.3, 0.4) is 0 Å². The fourth-order valence-corrected chi connectivity index (χ4v) is 3.54. The van der Waals surface area contributed by atoms with E-state index in [2.05, 4.69) is 5.32 Å². The average Bonchev–Trinajstić information content (AvgIpc) is 3.00.